The van der Waals surface area contributed by atoms with Crippen molar-refractivity contribution in [1.29, 1.82) is 0 Å². The first kappa shape index (κ1) is 15.3. The molecule has 0 spiro atoms. The molecule has 0 bridgehead atoms. The molecule has 1 aliphatic rings. The molecule has 0 fully saturated rings. The summed E-state index contributed by atoms with van der Waals surface area (Å²) in [6, 6.07) is 4.00. The Morgan fingerprint density at radius 2 is 2.00 bits per heavy atom. The zero-order valence-electron chi connectivity index (χ0n) is 10.8. The molecule has 1 aromatic heterocycles. The third kappa shape index (κ3) is 3.93. The van der Waals surface area contributed by atoms with Gasteiger partial charge in [-0.15, -0.1) is 11.3 Å². The van der Waals surface area contributed by atoms with Crippen LogP contribution in [0.3, 0.4) is 0 Å². The second-order valence-corrected chi connectivity index (χ2v) is 7.29. The molecule has 2 N–H and O–H groups in total. The number of hydrogen-bond donors (Lipinski definition) is 2. The largest absolute Gasteiger partial charge is 0.481 e. The smallest absolute Gasteiger partial charge is 0.307 e. The molecule has 1 aromatic rings. The normalized spacial score (nSPS) is 21.6. The summed E-state index contributed by atoms with van der Waals surface area (Å²) in [5.74, 6) is -2.10. The number of amides is 1. The Morgan fingerprint density at radius 3 is 2.60 bits per heavy atom. The predicted molar refractivity (Wildman–Crippen MR) is 81.7 cm³/mol. The predicted octanol–water partition coefficient (Wildman–Crippen LogP) is 2.84. The van der Waals surface area contributed by atoms with Gasteiger partial charge in [0.05, 0.1) is 15.6 Å². The Bertz CT molecular complexity index is 526. The molecule has 1 amide bonds. The summed E-state index contributed by atoms with van der Waals surface area (Å²) in [5.41, 5.74) is 0. The maximum Gasteiger partial charge on any atom is 0.307 e. The summed E-state index contributed by atoms with van der Waals surface area (Å²) in [7, 11) is 0. The van der Waals surface area contributed by atoms with Crippen LogP contribution in [0.1, 0.15) is 17.7 Å². The lowest BCUT2D eigenvalue weighted by Crippen LogP contribution is -2.39. The lowest BCUT2D eigenvalue weighted by atomic mass is 9.82. The second-order valence-electron chi connectivity index (χ2n) is 4.74. The summed E-state index contributed by atoms with van der Waals surface area (Å²) in [4.78, 5) is 24.4. The van der Waals surface area contributed by atoms with Crippen LogP contribution in [0.25, 0.3) is 0 Å². The molecule has 2 atom stereocenters. The van der Waals surface area contributed by atoms with Gasteiger partial charge in [0.15, 0.2) is 0 Å². The molecule has 2 rings (SSSR count). The first-order valence-electron chi connectivity index (χ1n) is 6.47. The number of carbonyl (C=O) groups is 2. The molecule has 6 heteroatoms. The maximum atomic E-state index is 12.1. The van der Waals surface area contributed by atoms with Gasteiger partial charge >= 0.3 is 5.97 Å². The van der Waals surface area contributed by atoms with Crippen LogP contribution in [0.2, 0.25) is 0 Å². The highest BCUT2D eigenvalue weighted by Crippen LogP contribution is 2.26. The SMILES string of the molecule is O=C(O)[C@H]1CC=CC[C@H]1C(=O)NCCc1ccc(Br)s1. The van der Waals surface area contributed by atoms with Gasteiger partial charge < -0.3 is 10.4 Å². The third-order valence-electron chi connectivity index (χ3n) is 3.39. The Kier molecular flexibility index (Phi) is 5.37. The fraction of sp³-hybridized carbons (Fsp3) is 0.429. The van der Waals surface area contributed by atoms with Gasteiger partial charge in [-0.2, -0.15) is 0 Å². The fourth-order valence-electron chi connectivity index (χ4n) is 2.30. The van der Waals surface area contributed by atoms with Crippen LogP contribution >= 0.6 is 27.3 Å². The van der Waals surface area contributed by atoms with Crippen molar-refractivity contribution in [2.75, 3.05) is 6.54 Å². The molecule has 0 unspecified atom stereocenters. The number of aliphatic carboxylic acids is 1. The van der Waals surface area contributed by atoms with Gasteiger partial charge in [-0.1, -0.05) is 12.2 Å². The summed E-state index contributed by atoms with van der Waals surface area (Å²) >= 11 is 5.04. The molecule has 0 radical (unpaired) electrons. The molecule has 0 saturated carbocycles. The Balaban J connectivity index is 1.84. The van der Waals surface area contributed by atoms with Crippen LogP contribution in [0.5, 0.6) is 0 Å². The molecule has 0 saturated heterocycles. The molecule has 4 nitrogen and oxygen atoms in total. The number of thiophene rings is 1. The number of carbonyl (C=O) groups excluding carboxylic acids is 1. The molecule has 20 heavy (non-hydrogen) atoms. The number of hydrogen-bond acceptors (Lipinski definition) is 3. The summed E-state index contributed by atoms with van der Waals surface area (Å²) < 4.78 is 1.07. The van der Waals surface area contributed by atoms with Gasteiger partial charge in [-0.25, -0.2) is 0 Å². The lowest BCUT2D eigenvalue weighted by Gasteiger charge is -2.24. The standard InChI is InChI=1S/C14H16BrNO3S/c15-12-6-5-9(20-12)7-8-16-13(17)10-3-1-2-4-11(10)14(18)19/h1-2,5-6,10-11H,3-4,7-8H2,(H,16,17)(H,18,19)/t10-,11+/m1/s1. The van der Waals surface area contributed by atoms with E-state index in [1.165, 1.54) is 4.88 Å². The van der Waals surface area contributed by atoms with E-state index in [0.29, 0.717) is 19.4 Å². The number of rotatable bonds is 5. The lowest BCUT2D eigenvalue weighted by molar-refractivity contribution is -0.147. The fourth-order valence-corrected chi connectivity index (χ4v) is 3.79. The van der Waals surface area contributed by atoms with E-state index < -0.39 is 17.8 Å². The van der Waals surface area contributed by atoms with Crippen molar-refractivity contribution < 1.29 is 14.7 Å². The van der Waals surface area contributed by atoms with E-state index in [4.69, 9.17) is 5.11 Å². The topological polar surface area (TPSA) is 66.4 Å². The summed E-state index contributed by atoms with van der Waals surface area (Å²) in [5, 5.41) is 12.0. The highest BCUT2D eigenvalue weighted by atomic mass is 79.9. The van der Waals surface area contributed by atoms with E-state index >= 15 is 0 Å². The van der Waals surface area contributed by atoms with E-state index in [0.717, 1.165) is 10.2 Å². The highest BCUT2D eigenvalue weighted by Gasteiger charge is 2.33. The highest BCUT2D eigenvalue weighted by molar-refractivity contribution is 9.11. The average Bonchev–Trinajstić information content (AvgIpc) is 2.84. The summed E-state index contributed by atoms with van der Waals surface area (Å²) in [6.45, 7) is 0.540. The first-order valence-corrected chi connectivity index (χ1v) is 8.08. The van der Waals surface area contributed by atoms with E-state index in [-0.39, 0.29) is 5.91 Å². The average molecular weight is 358 g/mol. The minimum absolute atomic E-state index is 0.155. The number of nitrogens with one attached hydrogen (secondary N) is 1. The van der Waals surface area contributed by atoms with Crippen LogP contribution < -0.4 is 5.32 Å². The number of carboxylic acid groups (broad SMARTS) is 1. The zero-order valence-corrected chi connectivity index (χ0v) is 13.2. The quantitative estimate of drug-likeness (QED) is 0.796. The van der Waals surface area contributed by atoms with Gasteiger partial charge in [0.1, 0.15) is 0 Å². The zero-order chi connectivity index (χ0) is 14.5. The van der Waals surface area contributed by atoms with E-state index in [9.17, 15) is 9.59 Å². The van der Waals surface area contributed by atoms with Gasteiger partial charge in [0.2, 0.25) is 5.91 Å². The van der Waals surface area contributed by atoms with Crippen molar-refractivity contribution in [3.05, 3.63) is 32.9 Å². The number of carboxylic acids is 1. The van der Waals surface area contributed by atoms with Crippen molar-refractivity contribution in [2.45, 2.75) is 19.3 Å². The molecule has 1 heterocycles. The van der Waals surface area contributed by atoms with Gasteiger partial charge in [0.25, 0.3) is 0 Å². The molecular formula is C14H16BrNO3S. The monoisotopic (exact) mass is 357 g/mol. The van der Waals surface area contributed by atoms with Crippen LogP contribution in [0, 0.1) is 11.8 Å². The van der Waals surface area contributed by atoms with Crippen LogP contribution in [-0.4, -0.2) is 23.5 Å². The molecule has 1 aliphatic carbocycles. The minimum Gasteiger partial charge on any atom is -0.481 e. The van der Waals surface area contributed by atoms with Gasteiger partial charge in [-0.3, -0.25) is 9.59 Å². The van der Waals surface area contributed by atoms with Crippen LogP contribution in [0.4, 0.5) is 0 Å². The first-order chi connectivity index (χ1) is 9.58. The van der Waals surface area contributed by atoms with Crippen molar-refractivity contribution in [3.8, 4) is 0 Å². The Labute approximate surface area is 130 Å². The second kappa shape index (κ2) is 7.04. The minimum atomic E-state index is -0.892. The Hall–Kier alpha value is -1.14. The van der Waals surface area contributed by atoms with Crippen LogP contribution in [0.15, 0.2) is 28.1 Å². The molecule has 0 aromatic carbocycles. The van der Waals surface area contributed by atoms with Crippen molar-refractivity contribution in [2.24, 2.45) is 11.8 Å². The molecule has 108 valence electrons. The summed E-state index contributed by atoms with van der Waals surface area (Å²) in [6.07, 6.45) is 5.44. The van der Waals surface area contributed by atoms with Crippen molar-refractivity contribution in [3.63, 3.8) is 0 Å². The van der Waals surface area contributed by atoms with Gasteiger partial charge in [-0.05, 0) is 47.3 Å². The molecule has 0 aliphatic heterocycles. The third-order valence-corrected chi connectivity index (χ3v) is 5.07. The van der Waals surface area contributed by atoms with Gasteiger partial charge in [0, 0.05) is 11.4 Å². The van der Waals surface area contributed by atoms with Crippen LogP contribution in [-0.2, 0) is 16.0 Å². The molecular weight excluding hydrogens is 342 g/mol. The number of allylic oxidation sites excluding steroid dienone is 2. The van der Waals surface area contributed by atoms with Crippen molar-refractivity contribution in [1.82, 2.24) is 5.32 Å². The van der Waals surface area contributed by atoms with E-state index in [1.54, 1.807) is 11.3 Å². The maximum absolute atomic E-state index is 12.1. The van der Waals surface area contributed by atoms with Crippen molar-refractivity contribution >= 4 is 39.1 Å². The van der Waals surface area contributed by atoms with E-state index in [1.807, 2.05) is 24.3 Å². The van der Waals surface area contributed by atoms with E-state index in [2.05, 4.69) is 21.2 Å². The Morgan fingerprint density at radius 1 is 1.30 bits per heavy atom. The number of halogens is 1.